The molecule has 0 aliphatic carbocycles. The van der Waals surface area contributed by atoms with E-state index in [0.717, 1.165) is 116 Å². The second kappa shape index (κ2) is 68.3. The molecule has 1 unspecified atom stereocenters. The molecule has 0 saturated heterocycles. The second-order valence-electron chi connectivity index (χ2n) is 23.4. The van der Waals surface area contributed by atoms with Gasteiger partial charge in [-0.15, -0.1) is 0 Å². The fourth-order valence-electron chi connectivity index (χ4n) is 10.2. The van der Waals surface area contributed by atoms with Gasteiger partial charge in [-0.2, -0.15) is 0 Å². The minimum absolute atomic E-state index is 0.0832. The van der Waals surface area contributed by atoms with E-state index >= 15 is 0 Å². The number of hydrogen-bond acceptors (Lipinski definition) is 6. The second-order valence-corrected chi connectivity index (χ2v) is 23.4. The molecule has 0 rings (SSSR count). The summed E-state index contributed by atoms with van der Waals surface area (Å²) in [4.78, 5) is 38.3. The number of ether oxygens (including phenoxy) is 3. The van der Waals surface area contributed by atoms with Gasteiger partial charge in [0.05, 0.1) is 0 Å². The van der Waals surface area contributed by atoms with Crippen molar-refractivity contribution >= 4 is 17.9 Å². The Morgan fingerprint density at radius 2 is 0.500 bits per heavy atom. The first-order valence-electron chi connectivity index (χ1n) is 34.9. The van der Waals surface area contributed by atoms with Crippen molar-refractivity contribution in [2.45, 2.75) is 367 Å². The maximum atomic E-state index is 12.9. The van der Waals surface area contributed by atoms with Crippen molar-refractivity contribution < 1.29 is 28.6 Å². The molecule has 0 aromatic carbocycles. The van der Waals surface area contributed by atoms with Gasteiger partial charge in [0.1, 0.15) is 13.2 Å². The van der Waals surface area contributed by atoms with Crippen LogP contribution in [0.2, 0.25) is 0 Å². The van der Waals surface area contributed by atoms with Gasteiger partial charge in [-0.25, -0.2) is 0 Å². The third kappa shape index (κ3) is 65.7. The first-order chi connectivity index (χ1) is 39.5. The van der Waals surface area contributed by atoms with Gasteiger partial charge < -0.3 is 14.2 Å². The summed E-state index contributed by atoms with van der Waals surface area (Å²) in [5.74, 6) is -0.896. The predicted octanol–water partition coefficient (Wildman–Crippen LogP) is 24.1. The largest absolute Gasteiger partial charge is 0.462 e. The third-order valence-corrected chi connectivity index (χ3v) is 15.4. The monoisotopic (exact) mass is 1120 g/mol. The van der Waals surface area contributed by atoms with Crippen LogP contribution < -0.4 is 0 Å². The lowest BCUT2D eigenvalue weighted by Crippen LogP contribution is -2.30. The summed E-state index contributed by atoms with van der Waals surface area (Å²) in [7, 11) is 0. The molecule has 0 aliphatic heterocycles. The molecule has 0 aromatic rings. The molecule has 0 saturated carbocycles. The van der Waals surface area contributed by atoms with Crippen LogP contribution in [0.5, 0.6) is 0 Å². The predicted molar refractivity (Wildman–Crippen MR) is 348 cm³/mol. The molecule has 6 heteroatoms. The lowest BCUT2D eigenvalue weighted by molar-refractivity contribution is -0.167. The Labute approximate surface area is 497 Å². The number of rotatable bonds is 64. The highest BCUT2D eigenvalue weighted by Crippen LogP contribution is 2.18. The number of hydrogen-bond donors (Lipinski definition) is 0. The first kappa shape index (κ1) is 76.9. The fourth-order valence-corrected chi connectivity index (χ4v) is 10.2. The zero-order chi connectivity index (χ0) is 57.8. The van der Waals surface area contributed by atoms with Crippen LogP contribution in [-0.2, 0) is 28.6 Å². The van der Waals surface area contributed by atoms with Crippen LogP contribution in [-0.4, -0.2) is 37.2 Å². The SMILES string of the molecule is CC/C=C\C/C=C\C/C=C\C/C=C\C/C=C\CCCCCCCC(=O)OC(COC(=O)CCCCCCC/C=C\CCCC)COC(=O)CCCCCCCCCCCCCCCCCCCCCCCCCCCCCCCC. The van der Waals surface area contributed by atoms with Crippen molar-refractivity contribution in [3.63, 3.8) is 0 Å². The quantitative estimate of drug-likeness (QED) is 0.0261. The molecule has 0 N–H and O–H groups in total. The van der Waals surface area contributed by atoms with E-state index in [0.29, 0.717) is 19.3 Å². The lowest BCUT2D eigenvalue weighted by atomic mass is 10.0. The summed E-state index contributed by atoms with van der Waals surface area (Å²) in [6.07, 6.45) is 89.5. The average Bonchev–Trinajstić information content (AvgIpc) is 3.46. The topological polar surface area (TPSA) is 78.9 Å². The van der Waals surface area contributed by atoms with Gasteiger partial charge in [0.2, 0.25) is 0 Å². The van der Waals surface area contributed by atoms with Gasteiger partial charge in [-0.1, -0.05) is 331 Å². The Morgan fingerprint density at radius 3 is 0.812 bits per heavy atom. The summed E-state index contributed by atoms with van der Waals surface area (Å²) in [5.41, 5.74) is 0. The molecule has 6 nitrogen and oxygen atoms in total. The molecular formula is C74H132O6. The van der Waals surface area contributed by atoms with Crippen LogP contribution in [0, 0.1) is 0 Å². The fraction of sp³-hybridized carbons (Fsp3) is 0.797. The summed E-state index contributed by atoms with van der Waals surface area (Å²) < 4.78 is 16.9. The maximum Gasteiger partial charge on any atom is 0.306 e. The van der Waals surface area contributed by atoms with E-state index in [-0.39, 0.29) is 31.1 Å². The highest BCUT2D eigenvalue weighted by Gasteiger charge is 2.19. The van der Waals surface area contributed by atoms with E-state index < -0.39 is 6.10 Å². The molecule has 0 aliphatic rings. The zero-order valence-corrected chi connectivity index (χ0v) is 53.3. The van der Waals surface area contributed by atoms with Gasteiger partial charge in [0.15, 0.2) is 6.10 Å². The van der Waals surface area contributed by atoms with Crippen LogP contribution >= 0.6 is 0 Å². The highest BCUT2D eigenvalue weighted by atomic mass is 16.6. The number of esters is 3. The van der Waals surface area contributed by atoms with Crippen LogP contribution in [0.4, 0.5) is 0 Å². The molecule has 0 bridgehead atoms. The van der Waals surface area contributed by atoms with Crippen LogP contribution in [0.15, 0.2) is 72.9 Å². The number of carbonyl (C=O) groups excluding carboxylic acids is 3. The minimum Gasteiger partial charge on any atom is -0.462 e. The third-order valence-electron chi connectivity index (χ3n) is 15.4. The smallest absolute Gasteiger partial charge is 0.306 e. The molecule has 0 aromatic heterocycles. The van der Waals surface area contributed by atoms with Gasteiger partial charge in [0.25, 0.3) is 0 Å². The molecule has 0 amide bonds. The van der Waals surface area contributed by atoms with Crippen molar-refractivity contribution in [2.24, 2.45) is 0 Å². The van der Waals surface area contributed by atoms with Crippen molar-refractivity contribution in [1.82, 2.24) is 0 Å². The Balaban J connectivity index is 4.18. The molecule has 0 fully saturated rings. The highest BCUT2D eigenvalue weighted by molar-refractivity contribution is 5.71. The average molecular weight is 1120 g/mol. The van der Waals surface area contributed by atoms with Gasteiger partial charge >= 0.3 is 17.9 Å². The van der Waals surface area contributed by atoms with Gasteiger partial charge in [0, 0.05) is 19.3 Å². The van der Waals surface area contributed by atoms with Crippen LogP contribution in [0.25, 0.3) is 0 Å². The molecular weight excluding hydrogens is 985 g/mol. The van der Waals surface area contributed by atoms with Gasteiger partial charge in [-0.05, 0) is 83.5 Å². The summed E-state index contributed by atoms with van der Waals surface area (Å²) in [5, 5.41) is 0. The molecule has 0 spiro atoms. The Bertz CT molecular complexity index is 1470. The van der Waals surface area contributed by atoms with Crippen molar-refractivity contribution in [2.75, 3.05) is 13.2 Å². The standard InChI is InChI=1S/C74H132O6/c1-4-7-10-13-16-19-22-24-26-28-30-32-33-34-35-36-37-38-39-40-42-43-45-47-49-52-55-58-61-64-67-73(76)79-70-71(69-78-72(75)66-63-60-57-54-51-21-18-15-12-9-6-3)80-74(77)68-65-62-59-56-53-50-48-46-44-41-31-29-27-25-23-20-17-14-11-8-5-2/h8,11,15,17-18,20,25,27,31,41,46,48,71H,4-7,9-10,12-14,16,19,21-24,26,28-30,32-40,42-45,47,49-70H2,1-3H3/b11-8-,18-15-,20-17-,27-25-,41-31-,48-46-. The zero-order valence-electron chi connectivity index (χ0n) is 53.3. The molecule has 80 heavy (non-hydrogen) atoms. The summed E-state index contributed by atoms with van der Waals surface area (Å²) in [6, 6.07) is 0. The summed E-state index contributed by atoms with van der Waals surface area (Å²) >= 11 is 0. The van der Waals surface area contributed by atoms with E-state index in [2.05, 4.69) is 93.7 Å². The van der Waals surface area contributed by atoms with Crippen molar-refractivity contribution in [1.29, 1.82) is 0 Å². The molecule has 0 radical (unpaired) electrons. The van der Waals surface area contributed by atoms with Crippen LogP contribution in [0.3, 0.4) is 0 Å². The molecule has 464 valence electrons. The molecule has 0 heterocycles. The lowest BCUT2D eigenvalue weighted by Gasteiger charge is -2.18. The Kier molecular flexibility index (Phi) is 65.7. The van der Waals surface area contributed by atoms with Crippen molar-refractivity contribution in [3.8, 4) is 0 Å². The molecule has 1 atom stereocenters. The van der Waals surface area contributed by atoms with E-state index in [4.69, 9.17) is 14.2 Å². The number of unbranched alkanes of at least 4 members (excludes halogenated alkanes) is 41. The van der Waals surface area contributed by atoms with Crippen LogP contribution in [0.1, 0.15) is 361 Å². The van der Waals surface area contributed by atoms with E-state index in [1.54, 1.807) is 0 Å². The van der Waals surface area contributed by atoms with E-state index in [9.17, 15) is 14.4 Å². The number of allylic oxidation sites excluding steroid dienone is 12. The normalized spacial score (nSPS) is 12.5. The maximum absolute atomic E-state index is 12.9. The van der Waals surface area contributed by atoms with Crippen molar-refractivity contribution in [3.05, 3.63) is 72.9 Å². The summed E-state index contributed by atoms with van der Waals surface area (Å²) in [6.45, 7) is 6.51. The Hall–Kier alpha value is -3.15. The first-order valence-corrected chi connectivity index (χ1v) is 34.9. The Morgan fingerprint density at radius 1 is 0.263 bits per heavy atom. The van der Waals surface area contributed by atoms with E-state index in [1.807, 2.05) is 0 Å². The number of carbonyl (C=O) groups is 3. The van der Waals surface area contributed by atoms with E-state index in [1.165, 1.54) is 205 Å². The van der Waals surface area contributed by atoms with Gasteiger partial charge in [-0.3, -0.25) is 14.4 Å². The minimum atomic E-state index is -0.789.